The van der Waals surface area contributed by atoms with Gasteiger partial charge in [-0.2, -0.15) is 0 Å². The van der Waals surface area contributed by atoms with Gasteiger partial charge in [0.2, 0.25) is 5.91 Å². The average molecular weight is 486 g/mol. The number of carbonyl (C=O) groups is 2. The molecule has 0 bridgehead atoms. The summed E-state index contributed by atoms with van der Waals surface area (Å²) >= 11 is 0. The molecule has 0 saturated carbocycles. The van der Waals surface area contributed by atoms with Crippen LogP contribution in [0.3, 0.4) is 0 Å². The Kier molecular flexibility index (Phi) is 7.10. The number of methoxy groups -OCH3 is 2. The molecule has 0 aliphatic heterocycles. The number of nitrogens with one attached hydrogen (secondary N) is 1. The molecule has 1 unspecified atom stereocenters. The number of allylic oxidation sites excluding steroid dienone is 1. The molecule has 0 aliphatic rings. The molecule has 4 rings (SSSR count). The number of para-hydroxylation sites is 1. The van der Waals surface area contributed by atoms with Crippen molar-refractivity contribution in [3.8, 4) is 22.6 Å². The summed E-state index contributed by atoms with van der Waals surface area (Å²) in [6, 6.07) is 17.0. The molecular weight excluding hydrogens is 458 g/mol. The van der Waals surface area contributed by atoms with E-state index in [1.165, 1.54) is 6.08 Å². The van der Waals surface area contributed by atoms with Crippen LogP contribution >= 0.6 is 0 Å². The minimum Gasteiger partial charge on any atom is -0.496 e. The lowest BCUT2D eigenvalue weighted by Gasteiger charge is -2.15. The van der Waals surface area contributed by atoms with Crippen LogP contribution < -0.4 is 14.8 Å². The first-order valence-corrected chi connectivity index (χ1v) is 11.3. The smallest absolute Gasteiger partial charge is 0.330 e. The van der Waals surface area contributed by atoms with Gasteiger partial charge in [-0.25, -0.2) is 4.79 Å². The summed E-state index contributed by atoms with van der Waals surface area (Å²) in [6.07, 6.45) is 3.06. The maximum Gasteiger partial charge on any atom is 0.330 e. The van der Waals surface area contributed by atoms with Gasteiger partial charge in [0.05, 0.1) is 20.5 Å². The van der Waals surface area contributed by atoms with Gasteiger partial charge in [0.1, 0.15) is 17.1 Å². The van der Waals surface area contributed by atoms with Gasteiger partial charge in [-0.15, -0.1) is 0 Å². The second kappa shape index (κ2) is 10.4. The summed E-state index contributed by atoms with van der Waals surface area (Å²) in [6.45, 7) is 3.67. The maximum absolute atomic E-state index is 12.9. The van der Waals surface area contributed by atoms with Crippen molar-refractivity contribution in [2.45, 2.75) is 19.9 Å². The fraction of sp³-hybridized carbons (Fsp3) is 0.172. The molecule has 7 nitrogen and oxygen atoms in total. The second-order valence-electron chi connectivity index (χ2n) is 8.33. The summed E-state index contributed by atoms with van der Waals surface area (Å²) in [7, 11) is 3.18. The summed E-state index contributed by atoms with van der Waals surface area (Å²) < 4.78 is 17.1. The Labute approximate surface area is 209 Å². The van der Waals surface area contributed by atoms with Crippen molar-refractivity contribution in [2.24, 2.45) is 0 Å². The number of hydrogen-bond donors (Lipinski definition) is 2. The van der Waals surface area contributed by atoms with Crippen LogP contribution in [0.4, 0.5) is 0 Å². The first-order valence-electron chi connectivity index (χ1n) is 11.3. The highest BCUT2D eigenvalue weighted by Gasteiger charge is 2.23. The largest absolute Gasteiger partial charge is 0.496 e. The number of ether oxygens (including phenoxy) is 2. The summed E-state index contributed by atoms with van der Waals surface area (Å²) in [5, 5.41) is 13.1. The molecule has 3 aromatic carbocycles. The molecule has 1 aromatic heterocycles. The number of fused-ring (bicyclic) bond motifs is 1. The monoisotopic (exact) mass is 485 g/mol. The Bertz CT molecular complexity index is 1450. The first kappa shape index (κ1) is 24.6. The molecule has 7 heteroatoms. The van der Waals surface area contributed by atoms with Crippen LogP contribution in [0.2, 0.25) is 0 Å². The first-order chi connectivity index (χ1) is 17.3. The molecule has 1 amide bonds. The van der Waals surface area contributed by atoms with Gasteiger partial charge in [-0.05, 0) is 37.1 Å². The van der Waals surface area contributed by atoms with Gasteiger partial charge in [0, 0.05) is 33.7 Å². The number of rotatable bonds is 8. The molecule has 0 fully saturated rings. The van der Waals surface area contributed by atoms with E-state index in [0.29, 0.717) is 33.8 Å². The predicted octanol–water partition coefficient (Wildman–Crippen LogP) is 5.77. The van der Waals surface area contributed by atoms with Crippen molar-refractivity contribution in [3.05, 3.63) is 89.7 Å². The number of carboxylic acids is 1. The molecule has 184 valence electrons. The Morgan fingerprint density at radius 3 is 2.36 bits per heavy atom. The average Bonchev–Trinajstić information content (AvgIpc) is 3.31. The van der Waals surface area contributed by atoms with Crippen molar-refractivity contribution in [2.75, 3.05) is 14.2 Å². The number of furan rings is 1. The van der Waals surface area contributed by atoms with E-state index in [9.17, 15) is 14.7 Å². The number of aliphatic carboxylic acids is 1. The maximum atomic E-state index is 12.9. The quantitative estimate of drug-likeness (QED) is 0.308. The van der Waals surface area contributed by atoms with Gasteiger partial charge < -0.3 is 24.3 Å². The Morgan fingerprint density at radius 1 is 1.00 bits per heavy atom. The van der Waals surface area contributed by atoms with Crippen LogP contribution in [0.1, 0.15) is 29.7 Å². The van der Waals surface area contributed by atoms with Gasteiger partial charge in [-0.1, -0.05) is 48.5 Å². The SMILES string of the molecule is COc1ccccc1-c1coc2c(C)c(OC)c(/C(C)=C/C(=O)NC(C(=O)O)c3ccccc3)cc12. The number of carbonyl (C=O) groups excluding carboxylic acids is 1. The van der Waals surface area contributed by atoms with E-state index in [0.717, 1.165) is 22.1 Å². The minimum absolute atomic E-state index is 0.485. The number of benzene rings is 3. The lowest BCUT2D eigenvalue weighted by Crippen LogP contribution is -2.32. The zero-order valence-corrected chi connectivity index (χ0v) is 20.5. The molecule has 2 N–H and O–H groups in total. The molecule has 1 atom stereocenters. The number of amides is 1. The van der Waals surface area contributed by atoms with Crippen molar-refractivity contribution in [3.63, 3.8) is 0 Å². The fourth-order valence-electron chi connectivity index (χ4n) is 4.34. The summed E-state index contributed by atoms with van der Waals surface area (Å²) in [5.41, 5.74) is 4.97. The zero-order chi connectivity index (χ0) is 25.8. The summed E-state index contributed by atoms with van der Waals surface area (Å²) in [4.78, 5) is 24.7. The Balaban J connectivity index is 1.76. The Morgan fingerprint density at radius 2 is 1.69 bits per heavy atom. The highest BCUT2D eigenvalue weighted by molar-refractivity contribution is 6.03. The standard InChI is InChI=1S/C29H27NO6/c1-17(14-25(31)30-26(29(32)33)19-10-6-5-7-11-19)21-15-22-23(20-12-8-9-13-24(20)34-3)16-36-28(22)18(2)27(21)35-4/h5-16,26H,1-4H3,(H,30,31)(H,32,33)/b17-14+. The van der Waals surface area contributed by atoms with E-state index < -0.39 is 17.9 Å². The number of carboxylic acid groups (broad SMARTS) is 1. The zero-order valence-electron chi connectivity index (χ0n) is 20.5. The molecule has 0 aliphatic carbocycles. The third kappa shape index (κ3) is 4.68. The van der Waals surface area contributed by atoms with Gasteiger partial charge in [-0.3, -0.25) is 4.79 Å². The molecule has 1 heterocycles. The van der Waals surface area contributed by atoms with E-state index in [2.05, 4.69) is 5.32 Å². The number of hydrogen-bond acceptors (Lipinski definition) is 5. The van der Waals surface area contributed by atoms with Gasteiger partial charge in [0.25, 0.3) is 0 Å². The highest BCUT2D eigenvalue weighted by Crippen LogP contribution is 2.42. The molecule has 0 radical (unpaired) electrons. The van der Waals surface area contributed by atoms with Crippen LogP contribution in [0.25, 0.3) is 27.7 Å². The normalized spacial score (nSPS) is 12.3. The van der Waals surface area contributed by atoms with E-state index >= 15 is 0 Å². The van der Waals surface area contributed by atoms with Crippen LogP contribution in [0, 0.1) is 6.92 Å². The fourth-order valence-corrected chi connectivity index (χ4v) is 4.34. The Hall–Kier alpha value is -4.52. The topological polar surface area (TPSA) is 98.0 Å². The van der Waals surface area contributed by atoms with E-state index in [1.807, 2.05) is 37.3 Å². The van der Waals surface area contributed by atoms with Crippen molar-refractivity contribution < 1.29 is 28.6 Å². The minimum atomic E-state index is -1.17. The lowest BCUT2D eigenvalue weighted by atomic mass is 9.96. The number of aryl methyl sites for hydroxylation is 1. The van der Waals surface area contributed by atoms with Crippen molar-refractivity contribution >= 4 is 28.4 Å². The third-order valence-corrected chi connectivity index (χ3v) is 6.08. The molecular formula is C29H27NO6. The molecule has 4 aromatic rings. The van der Waals surface area contributed by atoms with Crippen LogP contribution in [0.15, 0.2) is 77.4 Å². The van der Waals surface area contributed by atoms with E-state index in [4.69, 9.17) is 13.9 Å². The van der Waals surface area contributed by atoms with Gasteiger partial charge in [0.15, 0.2) is 6.04 Å². The van der Waals surface area contributed by atoms with Crippen LogP contribution in [-0.4, -0.2) is 31.2 Å². The van der Waals surface area contributed by atoms with E-state index in [-0.39, 0.29) is 0 Å². The molecule has 36 heavy (non-hydrogen) atoms. The third-order valence-electron chi connectivity index (χ3n) is 6.08. The predicted molar refractivity (Wildman–Crippen MR) is 138 cm³/mol. The molecule has 0 spiro atoms. The molecule has 0 saturated heterocycles. The summed E-state index contributed by atoms with van der Waals surface area (Å²) in [5.74, 6) is -0.388. The van der Waals surface area contributed by atoms with Crippen LogP contribution in [0.5, 0.6) is 11.5 Å². The highest BCUT2D eigenvalue weighted by atomic mass is 16.5. The second-order valence-corrected chi connectivity index (χ2v) is 8.33. The van der Waals surface area contributed by atoms with Crippen molar-refractivity contribution in [1.29, 1.82) is 0 Å². The van der Waals surface area contributed by atoms with Crippen LogP contribution in [-0.2, 0) is 9.59 Å². The van der Waals surface area contributed by atoms with E-state index in [1.54, 1.807) is 57.7 Å². The lowest BCUT2D eigenvalue weighted by molar-refractivity contribution is -0.141. The van der Waals surface area contributed by atoms with Crippen molar-refractivity contribution in [1.82, 2.24) is 5.32 Å². The van der Waals surface area contributed by atoms with Gasteiger partial charge >= 0.3 is 5.97 Å².